The summed E-state index contributed by atoms with van der Waals surface area (Å²) in [4.78, 5) is 93.1. The number of rotatable bonds is 45. The highest BCUT2D eigenvalue weighted by atomic mass is 16.6. The fraction of sp³-hybridized carbons (Fsp3) is 0.870. The minimum absolute atomic E-state index is 0.0397. The third-order valence-corrected chi connectivity index (χ3v) is 12.3. The molecular weight excluding hydrogens is 887 g/mol. The summed E-state index contributed by atoms with van der Waals surface area (Å²) in [5, 5.41) is 0. The standard InChI is InChI=1S/C54H95NO14/c1-6-11-15-19-23-27-31-64-49(57)36-44(37-50(58)65-32-28-24-20-16-12-7-2)35-46(56)43-68-47-41-55(54(62)63-10-5)42-48(47)69-53(61)40-45(38-51(59)66-33-29-25-21-17-13-8-3)39-52(60)67-34-30-26-22-18-14-9-4/h44-45,47-48H,6-43H2,1-5H3/t47-,48+/m1/s1. The first-order chi connectivity index (χ1) is 33.4. The monoisotopic (exact) mass is 982 g/mol. The molecule has 0 N–H and O–H groups in total. The summed E-state index contributed by atoms with van der Waals surface area (Å²) in [7, 11) is 0. The van der Waals surface area contributed by atoms with Crippen molar-refractivity contribution in [1.82, 2.24) is 4.90 Å². The molecule has 0 radical (unpaired) electrons. The lowest BCUT2D eigenvalue weighted by atomic mass is 9.95. The molecule has 15 heteroatoms. The summed E-state index contributed by atoms with van der Waals surface area (Å²) in [5.74, 6) is -4.58. The van der Waals surface area contributed by atoms with E-state index in [-0.39, 0.29) is 84.6 Å². The van der Waals surface area contributed by atoms with Gasteiger partial charge in [0.15, 0.2) is 5.78 Å². The second-order valence-corrected chi connectivity index (χ2v) is 18.9. The molecule has 0 spiro atoms. The van der Waals surface area contributed by atoms with Crippen LogP contribution in [0.25, 0.3) is 0 Å². The quantitative estimate of drug-likeness (QED) is 0.0318. The number of unbranched alkanes of at least 4 members (excludes halogenated alkanes) is 20. The number of amides is 1. The fourth-order valence-corrected chi connectivity index (χ4v) is 8.30. The molecule has 2 atom stereocenters. The number of Topliss-reactive ketones (excluding diaryl/α,β-unsaturated/α-hetero) is 1. The van der Waals surface area contributed by atoms with Crippen molar-refractivity contribution in [3.8, 4) is 0 Å². The largest absolute Gasteiger partial charge is 0.466 e. The first kappa shape index (κ1) is 63.3. The van der Waals surface area contributed by atoms with Crippen molar-refractivity contribution in [2.45, 2.75) is 239 Å². The molecule has 0 aromatic carbocycles. The normalized spacial score (nSPS) is 14.5. The zero-order valence-corrected chi connectivity index (χ0v) is 43.8. The molecule has 1 amide bonds. The molecule has 0 aliphatic carbocycles. The number of esters is 5. The Morgan fingerprint density at radius 1 is 0.391 bits per heavy atom. The van der Waals surface area contributed by atoms with Crippen molar-refractivity contribution in [3.05, 3.63) is 0 Å². The molecule has 1 saturated heterocycles. The number of hydrogen-bond acceptors (Lipinski definition) is 14. The molecule has 400 valence electrons. The van der Waals surface area contributed by atoms with Gasteiger partial charge in [-0.3, -0.25) is 28.8 Å². The highest BCUT2D eigenvalue weighted by Crippen LogP contribution is 2.24. The molecule has 1 aliphatic rings. The molecule has 0 saturated carbocycles. The third kappa shape index (κ3) is 35.1. The molecular formula is C54H95NO14. The van der Waals surface area contributed by atoms with E-state index >= 15 is 0 Å². The SMILES string of the molecule is CCCCCCCCOC(=O)CC(CC(=O)CO[C@@H]1CN(C(=O)OCC)C[C@@H]1OC(=O)CC(CC(=O)OCCCCCCCC)CC(=O)OCCCCCCCC)CC(=O)OCCCCCCCC. The number of carbonyl (C=O) groups is 7. The van der Waals surface area contributed by atoms with Gasteiger partial charge in [0, 0.05) is 38.5 Å². The van der Waals surface area contributed by atoms with Crippen LogP contribution in [0.4, 0.5) is 4.79 Å². The Labute approximate surface area is 416 Å². The van der Waals surface area contributed by atoms with E-state index in [9.17, 15) is 33.6 Å². The highest BCUT2D eigenvalue weighted by molar-refractivity contribution is 5.82. The van der Waals surface area contributed by atoms with Crippen LogP contribution in [0.2, 0.25) is 0 Å². The van der Waals surface area contributed by atoms with Crippen LogP contribution in [0.5, 0.6) is 0 Å². The lowest BCUT2D eigenvalue weighted by Crippen LogP contribution is -2.34. The van der Waals surface area contributed by atoms with Crippen molar-refractivity contribution in [2.24, 2.45) is 11.8 Å². The van der Waals surface area contributed by atoms with Crippen LogP contribution in [0, 0.1) is 11.8 Å². The Bertz CT molecular complexity index is 1330. The van der Waals surface area contributed by atoms with Gasteiger partial charge in [-0.25, -0.2) is 4.79 Å². The average molecular weight is 982 g/mol. The van der Waals surface area contributed by atoms with Crippen molar-refractivity contribution >= 4 is 41.7 Å². The van der Waals surface area contributed by atoms with E-state index in [1.165, 1.54) is 17.7 Å². The summed E-state index contributed by atoms with van der Waals surface area (Å²) >= 11 is 0. The smallest absolute Gasteiger partial charge is 0.409 e. The van der Waals surface area contributed by atoms with E-state index in [0.717, 1.165) is 141 Å². The maximum Gasteiger partial charge on any atom is 0.409 e. The molecule has 0 aromatic rings. The van der Waals surface area contributed by atoms with Crippen molar-refractivity contribution in [3.63, 3.8) is 0 Å². The van der Waals surface area contributed by atoms with E-state index in [0.29, 0.717) is 0 Å². The molecule has 0 aromatic heterocycles. The van der Waals surface area contributed by atoms with E-state index in [4.69, 9.17) is 33.2 Å². The minimum atomic E-state index is -1.00. The van der Waals surface area contributed by atoms with Gasteiger partial charge < -0.3 is 38.1 Å². The predicted octanol–water partition coefficient (Wildman–Crippen LogP) is 11.5. The Morgan fingerprint density at radius 3 is 1.07 bits per heavy atom. The van der Waals surface area contributed by atoms with Crippen LogP contribution in [0.1, 0.15) is 227 Å². The summed E-state index contributed by atoms with van der Waals surface area (Å²) < 4.78 is 39.1. The van der Waals surface area contributed by atoms with Crippen LogP contribution in [0.3, 0.4) is 0 Å². The number of ether oxygens (including phenoxy) is 7. The molecule has 1 rings (SSSR count). The van der Waals surface area contributed by atoms with Gasteiger partial charge in [-0.05, 0) is 44.4 Å². The molecule has 15 nitrogen and oxygen atoms in total. The Hall–Kier alpha value is -3.75. The minimum Gasteiger partial charge on any atom is -0.466 e. The molecule has 0 unspecified atom stereocenters. The average Bonchev–Trinajstić information content (AvgIpc) is 3.71. The summed E-state index contributed by atoms with van der Waals surface area (Å²) in [6.07, 6.45) is 21.0. The van der Waals surface area contributed by atoms with Crippen molar-refractivity contribution in [2.75, 3.05) is 52.7 Å². The summed E-state index contributed by atoms with van der Waals surface area (Å²) in [5.41, 5.74) is 0. The van der Waals surface area contributed by atoms with Gasteiger partial charge in [0.05, 0.1) is 46.1 Å². The Kier molecular flexibility index (Phi) is 39.5. The maximum atomic E-state index is 13.6. The predicted molar refractivity (Wildman–Crippen MR) is 265 cm³/mol. The molecule has 1 fully saturated rings. The second kappa shape index (κ2) is 43.1. The molecule has 0 bridgehead atoms. The van der Waals surface area contributed by atoms with Crippen LogP contribution < -0.4 is 0 Å². The van der Waals surface area contributed by atoms with Crippen LogP contribution in [-0.4, -0.2) is 112 Å². The van der Waals surface area contributed by atoms with E-state index in [1.54, 1.807) is 6.92 Å². The summed E-state index contributed by atoms with van der Waals surface area (Å²) in [6, 6.07) is 0. The molecule has 69 heavy (non-hydrogen) atoms. The van der Waals surface area contributed by atoms with E-state index in [2.05, 4.69) is 27.7 Å². The van der Waals surface area contributed by atoms with Crippen molar-refractivity contribution in [1.29, 1.82) is 0 Å². The van der Waals surface area contributed by atoms with Gasteiger partial charge >= 0.3 is 35.9 Å². The third-order valence-electron chi connectivity index (χ3n) is 12.3. The maximum absolute atomic E-state index is 13.6. The second-order valence-electron chi connectivity index (χ2n) is 18.9. The number of likely N-dealkylation sites (tertiary alicyclic amines) is 1. The Balaban J connectivity index is 3.01. The zero-order chi connectivity index (χ0) is 50.7. The van der Waals surface area contributed by atoms with Gasteiger partial charge in [0.25, 0.3) is 0 Å². The van der Waals surface area contributed by atoms with Gasteiger partial charge in [-0.1, -0.05) is 156 Å². The summed E-state index contributed by atoms with van der Waals surface area (Å²) in [6.45, 7) is 10.9. The topological polar surface area (TPSA) is 187 Å². The highest BCUT2D eigenvalue weighted by Gasteiger charge is 2.40. The Morgan fingerprint density at radius 2 is 0.710 bits per heavy atom. The van der Waals surface area contributed by atoms with Crippen LogP contribution in [0.15, 0.2) is 0 Å². The number of nitrogens with zero attached hydrogens (tertiary/aromatic N) is 1. The zero-order valence-electron chi connectivity index (χ0n) is 43.8. The molecule has 1 heterocycles. The van der Waals surface area contributed by atoms with Crippen molar-refractivity contribution < 1.29 is 66.7 Å². The number of ketones is 1. The molecule has 1 aliphatic heterocycles. The number of hydrogen-bond donors (Lipinski definition) is 0. The number of carbonyl (C=O) groups excluding carboxylic acids is 7. The fourth-order valence-electron chi connectivity index (χ4n) is 8.30. The lowest BCUT2D eigenvalue weighted by Gasteiger charge is -2.21. The van der Waals surface area contributed by atoms with Gasteiger partial charge in [0.1, 0.15) is 18.8 Å². The lowest BCUT2D eigenvalue weighted by molar-refractivity contribution is -0.157. The van der Waals surface area contributed by atoms with E-state index in [1.807, 2.05) is 0 Å². The van der Waals surface area contributed by atoms with Crippen LogP contribution >= 0.6 is 0 Å². The van der Waals surface area contributed by atoms with Gasteiger partial charge in [0.2, 0.25) is 0 Å². The van der Waals surface area contributed by atoms with E-state index < -0.39 is 72.4 Å². The van der Waals surface area contributed by atoms with Gasteiger partial charge in [-0.15, -0.1) is 0 Å². The van der Waals surface area contributed by atoms with Gasteiger partial charge in [-0.2, -0.15) is 0 Å². The van der Waals surface area contributed by atoms with Crippen LogP contribution in [-0.2, 0) is 61.9 Å². The first-order valence-corrected chi connectivity index (χ1v) is 27.3. The first-order valence-electron chi connectivity index (χ1n) is 27.3.